The molecule has 2 aromatic rings. The summed E-state index contributed by atoms with van der Waals surface area (Å²) in [5.41, 5.74) is 0.469. The van der Waals surface area contributed by atoms with Gasteiger partial charge in [0, 0.05) is 12.1 Å². The Morgan fingerprint density at radius 3 is 2.24 bits per heavy atom. The fraction of sp³-hybridized carbons (Fsp3) is 0.364. The maximum Gasteiger partial charge on any atom is 0.258 e. The highest BCUT2D eigenvalue weighted by molar-refractivity contribution is 6.35. The van der Waals surface area contributed by atoms with Crippen LogP contribution >= 0.6 is 23.2 Å². The van der Waals surface area contributed by atoms with Crippen LogP contribution in [0.15, 0.2) is 34.5 Å². The number of nitrogens with one attached hydrogen (secondary N) is 1. The van der Waals surface area contributed by atoms with Crippen molar-refractivity contribution in [1.82, 2.24) is 0 Å². The summed E-state index contributed by atoms with van der Waals surface area (Å²) in [5.74, 6) is 0.109. The Bertz CT molecular complexity index is 1050. The van der Waals surface area contributed by atoms with Gasteiger partial charge in [0.1, 0.15) is 22.2 Å². The van der Waals surface area contributed by atoms with Gasteiger partial charge in [-0.05, 0) is 32.9 Å². The number of Topliss-reactive ketones (excluding diaryl/α,β-unsaturated/α-hetero) is 1. The predicted octanol–water partition coefficient (Wildman–Crippen LogP) is 5.49. The number of azo groups is 1. The van der Waals surface area contributed by atoms with Crippen molar-refractivity contribution >= 4 is 46.3 Å². The van der Waals surface area contributed by atoms with E-state index in [0.29, 0.717) is 35.5 Å². The van der Waals surface area contributed by atoms with Crippen molar-refractivity contribution in [2.45, 2.75) is 26.8 Å². The zero-order chi connectivity index (χ0) is 24.5. The number of carbonyl (C=O) groups excluding carboxylic acids is 2. The van der Waals surface area contributed by atoms with Crippen molar-refractivity contribution in [3.63, 3.8) is 0 Å². The minimum atomic E-state index is -1.44. The first-order chi connectivity index (χ1) is 15.8. The summed E-state index contributed by atoms with van der Waals surface area (Å²) in [7, 11) is 2.87. The molecular formula is C22H25Cl2N3O6. The molecule has 0 fully saturated rings. The maximum atomic E-state index is 12.8. The van der Waals surface area contributed by atoms with E-state index in [9.17, 15) is 9.59 Å². The summed E-state index contributed by atoms with van der Waals surface area (Å²) in [5, 5.41) is 11.0. The van der Waals surface area contributed by atoms with Crippen molar-refractivity contribution in [2.75, 3.05) is 32.8 Å². The van der Waals surface area contributed by atoms with E-state index in [1.807, 2.05) is 6.92 Å². The molecule has 0 aliphatic rings. The van der Waals surface area contributed by atoms with Gasteiger partial charge in [-0.3, -0.25) is 9.59 Å². The number of halogens is 2. The second-order valence-electron chi connectivity index (χ2n) is 6.50. The summed E-state index contributed by atoms with van der Waals surface area (Å²) in [6.07, 6.45) is 0. The second-order valence-corrected chi connectivity index (χ2v) is 7.28. The van der Waals surface area contributed by atoms with Gasteiger partial charge in [-0.2, -0.15) is 10.2 Å². The van der Waals surface area contributed by atoms with Crippen LogP contribution in [0.1, 0.15) is 20.8 Å². The standard InChI is InChI=1S/C22H25Cl2N3O6/c1-6-32-16-9-8-14(19(24)21(16)33-7-2)25-22(29)20(12(3)28)27-26-15-11-17(30-4)13(23)10-18(15)31-5/h8-11,20H,6-7H2,1-5H3,(H,25,29). The van der Waals surface area contributed by atoms with Crippen LogP contribution in [0.2, 0.25) is 10.0 Å². The highest BCUT2D eigenvalue weighted by atomic mass is 35.5. The molecule has 0 spiro atoms. The lowest BCUT2D eigenvalue weighted by molar-refractivity contribution is -0.126. The Labute approximate surface area is 202 Å². The molecule has 0 aliphatic carbocycles. The number of amides is 1. The Kier molecular flexibility index (Phi) is 9.74. The summed E-state index contributed by atoms with van der Waals surface area (Å²) < 4.78 is 21.5. The number of benzene rings is 2. The summed E-state index contributed by atoms with van der Waals surface area (Å²) in [6.45, 7) is 5.60. The van der Waals surface area contributed by atoms with Gasteiger partial charge < -0.3 is 24.3 Å². The van der Waals surface area contributed by atoms with E-state index in [4.69, 9.17) is 42.1 Å². The molecular weight excluding hydrogens is 473 g/mol. The van der Waals surface area contributed by atoms with Crippen LogP contribution in [0.25, 0.3) is 0 Å². The van der Waals surface area contributed by atoms with E-state index in [-0.39, 0.29) is 22.1 Å². The lowest BCUT2D eigenvalue weighted by Gasteiger charge is -2.16. The SMILES string of the molecule is CCOc1ccc(NC(=O)C(N=Nc2cc(OC)c(Cl)cc2OC)C(C)=O)c(Cl)c1OCC. The first kappa shape index (κ1) is 26.2. The fourth-order valence-corrected chi connectivity index (χ4v) is 3.23. The third kappa shape index (κ3) is 6.49. The number of ether oxygens (including phenoxy) is 4. The van der Waals surface area contributed by atoms with Crippen molar-refractivity contribution in [1.29, 1.82) is 0 Å². The molecule has 0 heterocycles. The van der Waals surface area contributed by atoms with E-state index in [0.717, 1.165) is 0 Å². The van der Waals surface area contributed by atoms with E-state index in [1.54, 1.807) is 19.1 Å². The minimum Gasteiger partial charge on any atom is -0.495 e. The van der Waals surface area contributed by atoms with Gasteiger partial charge in [0.2, 0.25) is 6.04 Å². The highest BCUT2D eigenvalue weighted by Gasteiger charge is 2.25. The van der Waals surface area contributed by atoms with Crippen molar-refractivity contribution in [3.8, 4) is 23.0 Å². The van der Waals surface area contributed by atoms with Crippen LogP contribution < -0.4 is 24.3 Å². The Balaban J connectivity index is 2.34. The molecule has 0 bridgehead atoms. The number of carbonyl (C=O) groups is 2. The average molecular weight is 498 g/mol. The molecule has 2 aromatic carbocycles. The molecule has 2 rings (SSSR count). The van der Waals surface area contributed by atoms with Gasteiger partial charge >= 0.3 is 0 Å². The van der Waals surface area contributed by atoms with Crippen molar-refractivity contribution < 1.29 is 28.5 Å². The number of nitrogens with zero attached hydrogens (tertiary/aromatic N) is 2. The van der Waals surface area contributed by atoms with Gasteiger partial charge in [-0.25, -0.2) is 0 Å². The van der Waals surface area contributed by atoms with Crippen LogP contribution in [-0.4, -0.2) is 45.2 Å². The van der Waals surface area contributed by atoms with Gasteiger partial charge in [-0.15, -0.1) is 0 Å². The Morgan fingerprint density at radius 2 is 1.67 bits per heavy atom. The molecule has 1 atom stereocenters. The molecule has 0 aliphatic heterocycles. The maximum absolute atomic E-state index is 12.8. The van der Waals surface area contributed by atoms with Crippen LogP contribution in [0.4, 0.5) is 11.4 Å². The number of methoxy groups -OCH3 is 2. The predicted molar refractivity (Wildman–Crippen MR) is 126 cm³/mol. The van der Waals surface area contributed by atoms with Crippen molar-refractivity contribution in [3.05, 3.63) is 34.3 Å². The largest absolute Gasteiger partial charge is 0.495 e. The fourth-order valence-electron chi connectivity index (χ4n) is 2.74. The van der Waals surface area contributed by atoms with Gasteiger partial charge in [-0.1, -0.05) is 23.2 Å². The van der Waals surface area contributed by atoms with E-state index < -0.39 is 17.7 Å². The number of ketones is 1. The van der Waals surface area contributed by atoms with Crippen LogP contribution in [0.5, 0.6) is 23.0 Å². The summed E-state index contributed by atoms with van der Waals surface area (Å²) in [6, 6.07) is 4.71. The molecule has 1 unspecified atom stereocenters. The van der Waals surface area contributed by atoms with E-state index in [1.165, 1.54) is 33.3 Å². The highest BCUT2D eigenvalue weighted by Crippen LogP contribution is 2.41. The first-order valence-electron chi connectivity index (χ1n) is 9.99. The second kappa shape index (κ2) is 12.3. The smallest absolute Gasteiger partial charge is 0.258 e. The van der Waals surface area contributed by atoms with Crippen LogP contribution in [-0.2, 0) is 9.59 Å². The molecule has 33 heavy (non-hydrogen) atoms. The molecule has 0 saturated heterocycles. The van der Waals surface area contributed by atoms with Gasteiger partial charge in [0.15, 0.2) is 17.3 Å². The first-order valence-corrected chi connectivity index (χ1v) is 10.7. The number of hydrogen-bond acceptors (Lipinski definition) is 8. The molecule has 0 aromatic heterocycles. The minimum absolute atomic E-state index is 0.138. The molecule has 1 N–H and O–H groups in total. The normalized spacial score (nSPS) is 11.7. The quantitative estimate of drug-likeness (QED) is 0.324. The zero-order valence-electron chi connectivity index (χ0n) is 18.9. The van der Waals surface area contributed by atoms with Gasteiger partial charge in [0.05, 0.1) is 38.1 Å². The third-order valence-electron chi connectivity index (χ3n) is 4.28. The summed E-state index contributed by atoms with van der Waals surface area (Å²) >= 11 is 12.5. The lowest BCUT2D eigenvalue weighted by atomic mass is 10.2. The number of hydrogen-bond donors (Lipinski definition) is 1. The zero-order valence-corrected chi connectivity index (χ0v) is 20.4. The number of rotatable bonds is 11. The van der Waals surface area contributed by atoms with Crippen LogP contribution in [0.3, 0.4) is 0 Å². The van der Waals surface area contributed by atoms with Crippen LogP contribution in [0, 0.1) is 0 Å². The molecule has 0 saturated carbocycles. The van der Waals surface area contributed by atoms with E-state index in [2.05, 4.69) is 15.5 Å². The molecule has 0 radical (unpaired) electrons. The van der Waals surface area contributed by atoms with E-state index >= 15 is 0 Å². The molecule has 9 nitrogen and oxygen atoms in total. The monoisotopic (exact) mass is 497 g/mol. The lowest BCUT2D eigenvalue weighted by Crippen LogP contribution is -2.32. The molecule has 178 valence electrons. The molecule has 1 amide bonds. The summed E-state index contributed by atoms with van der Waals surface area (Å²) in [4.78, 5) is 25.0. The van der Waals surface area contributed by atoms with Gasteiger partial charge in [0.25, 0.3) is 5.91 Å². The Hall–Kier alpha value is -3.04. The molecule has 11 heteroatoms. The van der Waals surface area contributed by atoms with Crippen molar-refractivity contribution in [2.24, 2.45) is 10.2 Å². The Morgan fingerprint density at radius 1 is 1.00 bits per heavy atom. The topological polar surface area (TPSA) is 108 Å². The third-order valence-corrected chi connectivity index (χ3v) is 4.95. The number of anilines is 1. The average Bonchev–Trinajstić information content (AvgIpc) is 2.78.